The number of hydrogen-bond donors (Lipinski definition) is 2. The first-order valence-corrected chi connectivity index (χ1v) is 5.99. The minimum absolute atomic E-state index is 0.00848. The SMILES string of the molecule is Cc1cnc(NC(C)CCCC(=O)O)cc1[N+](=O)[O-]. The molecule has 0 amide bonds. The van der Waals surface area contributed by atoms with Crippen molar-refractivity contribution in [3.05, 3.63) is 27.9 Å². The average molecular weight is 267 g/mol. The summed E-state index contributed by atoms with van der Waals surface area (Å²) in [5.41, 5.74) is 0.532. The first-order chi connectivity index (χ1) is 8.90. The predicted molar refractivity (Wildman–Crippen MR) is 70.2 cm³/mol. The second kappa shape index (κ2) is 6.67. The summed E-state index contributed by atoms with van der Waals surface area (Å²) in [4.78, 5) is 24.8. The Morgan fingerprint density at radius 1 is 1.63 bits per heavy atom. The second-order valence-electron chi connectivity index (χ2n) is 4.44. The Morgan fingerprint density at radius 3 is 2.89 bits per heavy atom. The highest BCUT2D eigenvalue weighted by Gasteiger charge is 2.13. The van der Waals surface area contributed by atoms with Gasteiger partial charge in [0.15, 0.2) is 0 Å². The third-order valence-corrected chi connectivity index (χ3v) is 2.69. The molecule has 7 heteroatoms. The summed E-state index contributed by atoms with van der Waals surface area (Å²) in [6.07, 6.45) is 2.78. The molecule has 7 nitrogen and oxygen atoms in total. The van der Waals surface area contributed by atoms with Crippen molar-refractivity contribution < 1.29 is 14.8 Å². The summed E-state index contributed by atoms with van der Waals surface area (Å²) in [6, 6.07) is 1.40. The Labute approximate surface area is 110 Å². The number of pyridine rings is 1. The maximum absolute atomic E-state index is 10.8. The number of hydrogen-bond acceptors (Lipinski definition) is 5. The predicted octanol–water partition coefficient (Wildman–Crippen LogP) is 2.35. The number of aromatic nitrogens is 1. The van der Waals surface area contributed by atoms with Crippen LogP contribution in [-0.4, -0.2) is 27.0 Å². The van der Waals surface area contributed by atoms with Crippen LogP contribution in [0.3, 0.4) is 0 Å². The Balaban J connectivity index is 2.59. The van der Waals surface area contributed by atoms with E-state index in [4.69, 9.17) is 5.11 Å². The maximum atomic E-state index is 10.8. The number of nitro groups is 1. The molecule has 0 saturated heterocycles. The van der Waals surface area contributed by atoms with Gasteiger partial charge in [-0.05, 0) is 26.7 Å². The molecule has 0 bridgehead atoms. The van der Waals surface area contributed by atoms with Gasteiger partial charge in [-0.1, -0.05) is 0 Å². The number of aryl methyl sites for hydroxylation is 1. The zero-order valence-corrected chi connectivity index (χ0v) is 10.9. The van der Waals surface area contributed by atoms with Crippen molar-refractivity contribution in [1.29, 1.82) is 0 Å². The van der Waals surface area contributed by atoms with Crippen molar-refractivity contribution in [2.24, 2.45) is 0 Å². The number of anilines is 1. The highest BCUT2D eigenvalue weighted by Crippen LogP contribution is 2.20. The molecule has 1 aromatic rings. The van der Waals surface area contributed by atoms with E-state index >= 15 is 0 Å². The van der Waals surface area contributed by atoms with E-state index in [1.54, 1.807) is 6.92 Å². The van der Waals surface area contributed by atoms with E-state index in [0.29, 0.717) is 24.2 Å². The molecule has 0 aromatic carbocycles. The molecule has 2 N–H and O–H groups in total. The summed E-state index contributed by atoms with van der Waals surface area (Å²) in [6.45, 7) is 3.51. The highest BCUT2D eigenvalue weighted by atomic mass is 16.6. The van der Waals surface area contributed by atoms with E-state index in [9.17, 15) is 14.9 Å². The largest absolute Gasteiger partial charge is 0.481 e. The van der Waals surface area contributed by atoms with E-state index < -0.39 is 10.9 Å². The molecule has 0 saturated carbocycles. The van der Waals surface area contributed by atoms with Crippen molar-refractivity contribution in [2.75, 3.05) is 5.32 Å². The molecular weight excluding hydrogens is 250 g/mol. The van der Waals surface area contributed by atoms with E-state index in [1.807, 2.05) is 6.92 Å². The van der Waals surface area contributed by atoms with Gasteiger partial charge in [-0.3, -0.25) is 14.9 Å². The van der Waals surface area contributed by atoms with Gasteiger partial charge in [0.1, 0.15) is 5.82 Å². The van der Waals surface area contributed by atoms with Gasteiger partial charge in [0.2, 0.25) is 0 Å². The lowest BCUT2D eigenvalue weighted by molar-refractivity contribution is -0.385. The summed E-state index contributed by atoms with van der Waals surface area (Å²) in [7, 11) is 0. The standard InChI is InChI=1S/C12H17N3O4/c1-8-7-13-11(6-10(8)15(18)19)14-9(2)4-3-5-12(16)17/h6-7,9H,3-5H2,1-2H3,(H,13,14)(H,16,17). The van der Waals surface area contributed by atoms with Gasteiger partial charge in [-0.15, -0.1) is 0 Å². The van der Waals surface area contributed by atoms with Crippen LogP contribution in [0.5, 0.6) is 0 Å². The van der Waals surface area contributed by atoms with Crippen molar-refractivity contribution in [2.45, 2.75) is 39.2 Å². The van der Waals surface area contributed by atoms with Gasteiger partial charge >= 0.3 is 5.97 Å². The van der Waals surface area contributed by atoms with Crippen LogP contribution in [0.2, 0.25) is 0 Å². The third kappa shape index (κ3) is 4.90. The summed E-state index contributed by atoms with van der Waals surface area (Å²) in [5, 5.41) is 22.4. The number of nitrogens with one attached hydrogen (secondary N) is 1. The first kappa shape index (κ1) is 14.9. The summed E-state index contributed by atoms with van der Waals surface area (Å²) >= 11 is 0. The lowest BCUT2D eigenvalue weighted by Crippen LogP contribution is -2.16. The Kier molecular flexibility index (Phi) is 5.23. The maximum Gasteiger partial charge on any atom is 0.303 e. The van der Waals surface area contributed by atoms with Gasteiger partial charge in [-0.2, -0.15) is 0 Å². The molecule has 0 spiro atoms. The molecule has 1 aromatic heterocycles. The number of nitrogens with zero attached hydrogens (tertiary/aromatic N) is 2. The van der Waals surface area contributed by atoms with Gasteiger partial charge in [0.05, 0.1) is 11.0 Å². The molecule has 1 rings (SSSR count). The topological polar surface area (TPSA) is 105 Å². The first-order valence-electron chi connectivity index (χ1n) is 5.99. The van der Waals surface area contributed by atoms with Crippen molar-refractivity contribution >= 4 is 17.5 Å². The Hall–Kier alpha value is -2.18. The van der Waals surface area contributed by atoms with Crippen LogP contribution in [0, 0.1) is 17.0 Å². The fourth-order valence-corrected chi connectivity index (χ4v) is 1.67. The third-order valence-electron chi connectivity index (χ3n) is 2.69. The number of carboxylic acids is 1. The minimum atomic E-state index is -0.823. The lowest BCUT2D eigenvalue weighted by atomic mass is 10.1. The van der Waals surface area contributed by atoms with E-state index in [-0.39, 0.29) is 18.2 Å². The van der Waals surface area contributed by atoms with Crippen molar-refractivity contribution in [1.82, 2.24) is 4.98 Å². The highest BCUT2D eigenvalue weighted by molar-refractivity contribution is 5.66. The molecule has 104 valence electrons. The Bertz CT molecular complexity index is 476. The second-order valence-corrected chi connectivity index (χ2v) is 4.44. The van der Waals surface area contributed by atoms with Crippen LogP contribution >= 0.6 is 0 Å². The van der Waals surface area contributed by atoms with Gasteiger partial charge in [-0.25, -0.2) is 4.98 Å². The lowest BCUT2D eigenvalue weighted by Gasteiger charge is -2.13. The summed E-state index contributed by atoms with van der Waals surface area (Å²) < 4.78 is 0. The molecule has 0 aliphatic rings. The smallest absolute Gasteiger partial charge is 0.303 e. The monoisotopic (exact) mass is 267 g/mol. The number of rotatable bonds is 7. The van der Waals surface area contributed by atoms with Crippen LogP contribution < -0.4 is 5.32 Å². The molecule has 0 fully saturated rings. The quantitative estimate of drug-likeness (QED) is 0.580. The number of aliphatic carboxylic acids is 1. The molecule has 1 atom stereocenters. The van der Waals surface area contributed by atoms with Crippen LogP contribution in [0.25, 0.3) is 0 Å². The molecule has 0 aliphatic carbocycles. The van der Waals surface area contributed by atoms with Crippen LogP contribution in [0.4, 0.5) is 11.5 Å². The zero-order valence-electron chi connectivity index (χ0n) is 10.9. The van der Waals surface area contributed by atoms with Crippen LogP contribution in [0.1, 0.15) is 31.7 Å². The fraction of sp³-hybridized carbons (Fsp3) is 0.500. The molecule has 0 radical (unpaired) electrons. The molecule has 0 aliphatic heterocycles. The number of carbonyl (C=O) groups is 1. The van der Waals surface area contributed by atoms with Crippen molar-refractivity contribution in [3.8, 4) is 0 Å². The molecule has 1 heterocycles. The normalized spacial score (nSPS) is 11.9. The number of carboxylic acid groups (broad SMARTS) is 1. The van der Waals surface area contributed by atoms with E-state index in [1.165, 1.54) is 12.3 Å². The Morgan fingerprint density at radius 2 is 2.32 bits per heavy atom. The van der Waals surface area contributed by atoms with Gasteiger partial charge < -0.3 is 10.4 Å². The molecule has 19 heavy (non-hydrogen) atoms. The zero-order chi connectivity index (χ0) is 14.4. The molecular formula is C12H17N3O4. The van der Waals surface area contributed by atoms with Crippen LogP contribution in [0.15, 0.2) is 12.3 Å². The van der Waals surface area contributed by atoms with E-state index in [0.717, 1.165) is 0 Å². The van der Waals surface area contributed by atoms with Crippen molar-refractivity contribution in [3.63, 3.8) is 0 Å². The van der Waals surface area contributed by atoms with Crippen LogP contribution in [-0.2, 0) is 4.79 Å². The summed E-state index contributed by atoms with van der Waals surface area (Å²) in [5.74, 6) is -0.392. The molecule has 1 unspecified atom stereocenters. The fourth-order valence-electron chi connectivity index (χ4n) is 1.67. The minimum Gasteiger partial charge on any atom is -0.481 e. The van der Waals surface area contributed by atoms with E-state index in [2.05, 4.69) is 10.3 Å². The van der Waals surface area contributed by atoms with Gasteiger partial charge in [0.25, 0.3) is 5.69 Å². The average Bonchev–Trinajstić information content (AvgIpc) is 2.30. The van der Waals surface area contributed by atoms with Gasteiger partial charge in [0, 0.05) is 24.2 Å².